The van der Waals surface area contributed by atoms with Gasteiger partial charge in [0.25, 0.3) is 0 Å². The maximum Gasteiger partial charge on any atom is 0.307 e. The monoisotopic (exact) mass is 370 g/mol. The van der Waals surface area contributed by atoms with E-state index >= 15 is 0 Å². The topological polar surface area (TPSA) is 54.3 Å². The molecule has 0 fully saturated rings. The van der Waals surface area contributed by atoms with Gasteiger partial charge in [0.1, 0.15) is 6.17 Å². The molecule has 2 N–H and O–H groups in total. The summed E-state index contributed by atoms with van der Waals surface area (Å²) in [4.78, 5) is 11.3. The van der Waals surface area contributed by atoms with E-state index in [1.807, 2.05) is 66.9 Å². The number of para-hydroxylation sites is 1. The smallest absolute Gasteiger partial charge is 0.307 e. The normalized spacial score (nSPS) is 12.1. The van der Waals surface area contributed by atoms with Gasteiger partial charge in [-0.1, -0.05) is 78.9 Å². The first-order chi connectivity index (χ1) is 13.7. The molecular formula is C24H22N2O2. The minimum Gasteiger partial charge on any atom is -0.481 e. The Hall–Kier alpha value is -3.37. The summed E-state index contributed by atoms with van der Waals surface area (Å²) in [5, 5.41) is 13.9. The highest BCUT2D eigenvalue weighted by Crippen LogP contribution is 2.27. The first-order valence-electron chi connectivity index (χ1n) is 9.35. The zero-order chi connectivity index (χ0) is 19.3. The highest BCUT2D eigenvalue weighted by molar-refractivity contribution is 5.87. The SMILES string of the molecule is O=C(O)Cc1cn(C(NCc2ccccc2)c2ccccc2)c2ccccc12. The van der Waals surface area contributed by atoms with Gasteiger partial charge in [-0.05, 0) is 22.8 Å². The van der Waals surface area contributed by atoms with Crippen molar-refractivity contribution in [3.8, 4) is 0 Å². The van der Waals surface area contributed by atoms with E-state index in [0.717, 1.165) is 22.0 Å². The molecule has 3 aromatic carbocycles. The Morgan fingerprint density at radius 3 is 2.25 bits per heavy atom. The third-order valence-electron chi connectivity index (χ3n) is 4.90. The number of carbonyl (C=O) groups is 1. The Labute approximate surface area is 164 Å². The molecule has 0 aliphatic heterocycles. The van der Waals surface area contributed by atoms with E-state index in [2.05, 4.69) is 34.1 Å². The molecule has 0 saturated heterocycles. The Morgan fingerprint density at radius 1 is 0.893 bits per heavy atom. The number of hydrogen-bond donors (Lipinski definition) is 2. The van der Waals surface area contributed by atoms with Crippen LogP contribution in [0.4, 0.5) is 0 Å². The molecule has 0 amide bonds. The maximum atomic E-state index is 11.3. The van der Waals surface area contributed by atoms with Crippen molar-refractivity contribution >= 4 is 16.9 Å². The lowest BCUT2D eigenvalue weighted by atomic mass is 10.1. The summed E-state index contributed by atoms with van der Waals surface area (Å²) in [6.07, 6.45) is 1.87. The van der Waals surface area contributed by atoms with Crippen LogP contribution in [0.5, 0.6) is 0 Å². The summed E-state index contributed by atoms with van der Waals surface area (Å²) in [6, 6.07) is 28.5. The zero-order valence-corrected chi connectivity index (χ0v) is 15.5. The summed E-state index contributed by atoms with van der Waals surface area (Å²) in [5.41, 5.74) is 4.17. The lowest BCUT2D eigenvalue weighted by Crippen LogP contribution is -2.27. The van der Waals surface area contributed by atoms with Crippen LogP contribution < -0.4 is 5.32 Å². The number of nitrogens with zero attached hydrogens (tertiary/aromatic N) is 1. The van der Waals surface area contributed by atoms with E-state index in [4.69, 9.17) is 0 Å². The van der Waals surface area contributed by atoms with Crippen molar-refractivity contribution in [1.29, 1.82) is 0 Å². The van der Waals surface area contributed by atoms with Crippen molar-refractivity contribution in [3.63, 3.8) is 0 Å². The molecule has 140 valence electrons. The molecule has 4 rings (SSSR count). The van der Waals surface area contributed by atoms with Crippen LogP contribution in [-0.2, 0) is 17.8 Å². The summed E-state index contributed by atoms with van der Waals surface area (Å²) < 4.78 is 2.14. The largest absolute Gasteiger partial charge is 0.481 e. The highest BCUT2D eigenvalue weighted by Gasteiger charge is 2.18. The van der Waals surface area contributed by atoms with Gasteiger partial charge in [0, 0.05) is 23.6 Å². The van der Waals surface area contributed by atoms with Gasteiger partial charge in [0.05, 0.1) is 6.42 Å². The van der Waals surface area contributed by atoms with Gasteiger partial charge < -0.3 is 9.67 Å². The fourth-order valence-corrected chi connectivity index (χ4v) is 3.62. The Bertz CT molecular complexity index is 1070. The number of fused-ring (bicyclic) bond motifs is 1. The average molecular weight is 370 g/mol. The van der Waals surface area contributed by atoms with Crippen LogP contribution in [0.3, 0.4) is 0 Å². The zero-order valence-electron chi connectivity index (χ0n) is 15.5. The fraction of sp³-hybridized carbons (Fsp3) is 0.125. The summed E-state index contributed by atoms with van der Waals surface area (Å²) in [6.45, 7) is 0.709. The van der Waals surface area contributed by atoms with E-state index in [1.165, 1.54) is 5.56 Å². The van der Waals surface area contributed by atoms with Gasteiger partial charge in [0.2, 0.25) is 0 Å². The number of carboxylic acids is 1. The minimum absolute atomic E-state index is 0.00765. The number of rotatable bonds is 7. The van der Waals surface area contributed by atoms with Gasteiger partial charge >= 0.3 is 5.97 Å². The highest BCUT2D eigenvalue weighted by atomic mass is 16.4. The predicted octanol–water partition coefficient (Wildman–Crippen LogP) is 4.61. The number of nitrogens with one attached hydrogen (secondary N) is 1. The molecule has 4 nitrogen and oxygen atoms in total. The molecule has 0 aliphatic carbocycles. The summed E-state index contributed by atoms with van der Waals surface area (Å²) in [7, 11) is 0. The molecule has 0 saturated carbocycles. The number of hydrogen-bond acceptors (Lipinski definition) is 2. The van der Waals surface area contributed by atoms with E-state index in [0.29, 0.717) is 6.54 Å². The van der Waals surface area contributed by atoms with Crippen molar-refractivity contribution in [2.45, 2.75) is 19.1 Å². The Kier molecular flexibility index (Phi) is 5.22. The molecule has 0 spiro atoms. The predicted molar refractivity (Wildman–Crippen MR) is 111 cm³/mol. The number of carboxylic acid groups (broad SMARTS) is 1. The van der Waals surface area contributed by atoms with Crippen LogP contribution in [-0.4, -0.2) is 15.6 Å². The molecule has 4 aromatic rings. The van der Waals surface area contributed by atoms with E-state index in [-0.39, 0.29) is 12.6 Å². The van der Waals surface area contributed by atoms with Crippen LogP contribution in [0.1, 0.15) is 22.9 Å². The first kappa shape index (κ1) is 18.0. The van der Waals surface area contributed by atoms with Crippen molar-refractivity contribution in [1.82, 2.24) is 9.88 Å². The van der Waals surface area contributed by atoms with Crippen molar-refractivity contribution in [2.24, 2.45) is 0 Å². The van der Waals surface area contributed by atoms with Gasteiger partial charge in [-0.3, -0.25) is 10.1 Å². The molecule has 0 radical (unpaired) electrons. The second kappa shape index (κ2) is 8.11. The lowest BCUT2D eigenvalue weighted by Gasteiger charge is -2.22. The van der Waals surface area contributed by atoms with Gasteiger partial charge in [-0.2, -0.15) is 0 Å². The molecule has 28 heavy (non-hydrogen) atoms. The lowest BCUT2D eigenvalue weighted by molar-refractivity contribution is -0.136. The average Bonchev–Trinajstić information content (AvgIpc) is 3.08. The molecule has 1 unspecified atom stereocenters. The third-order valence-corrected chi connectivity index (χ3v) is 4.90. The number of aliphatic carboxylic acids is 1. The van der Waals surface area contributed by atoms with E-state index in [1.54, 1.807) is 0 Å². The molecular weight excluding hydrogens is 348 g/mol. The molecule has 1 heterocycles. The van der Waals surface area contributed by atoms with Crippen molar-refractivity contribution in [2.75, 3.05) is 0 Å². The quantitative estimate of drug-likeness (QED) is 0.500. The van der Waals surface area contributed by atoms with Crippen LogP contribution in [0.15, 0.2) is 91.1 Å². The molecule has 4 heteroatoms. The van der Waals surface area contributed by atoms with Crippen molar-refractivity contribution < 1.29 is 9.90 Å². The van der Waals surface area contributed by atoms with E-state index < -0.39 is 5.97 Å². The van der Waals surface area contributed by atoms with Crippen LogP contribution >= 0.6 is 0 Å². The first-order valence-corrected chi connectivity index (χ1v) is 9.35. The second-order valence-corrected chi connectivity index (χ2v) is 6.83. The van der Waals surface area contributed by atoms with Crippen LogP contribution in [0.25, 0.3) is 10.9 Å². The second-order valence-electron chi connectivity index (χ2n) is 6.83. The number of benzene rings is 3. The molecule has 1 aromatic heterocycles. The number of aromatic nitrogens is 1. The van der Waals surface area contributed by atoms with Crippen LogP contribution in [0.2, 0.25) is 0 Å². The van der Waals surface area contributed by atoms with Crippen LogP contribution in [0, 0.1) is 0 Å². The van der Waals surface area contributed by atoms with Crippen molar-refractivity contribution in [3.05, 3.63) is 108 Å². The molecule has 1 atom stereocenters. The van der Waals surface area contributed by atoms with E-state index in [9.17, 15) is 9.90 Å². The minimum atomic E-state index is -0.823. The summed E-state index contributed by atoms with van der Waals surface area (Å²) >= 11 is 0. The molecule has 0 bridgehead atoms. The fourth-order valence-electron chi connectivity index (χ4n) is 3.62. The third kappa shape index (κ3) is 3.82. The Morgan fingerprint density at radius 2 is 1.54 bits per heavy atom. The summed E-state index contributed by atoms with van der Waals surface area (Å²) in [5.74, 6) is -0.823. The van der Waals surface area contributed by atoms with Gasteiger partial charge in [0.15, 0.2) is 0 Å². The van der Waals surface area contributed by atoms with Gasteiger partial charge in [-0.25, -0.2) is 0 Å². The van der Waals surface area contributed by atoms with Gasteiger partial charge in [-0.15, -0.1) is 0 Å². The molecule has 0 aliphatic rings. The maximum absolute atomic E-state index is 11.3. The standard InChI is InChI=1S/C24H22N2O2/c27-23(28)15-20-17-26(22-14-8-7-13-21(20)22)24(19-11-5-2-6-12-19)25-16-18-9-3-1-4-10-18/h1-14,17,24-25H,15-16H2,(H,27,28). The Balaban J connectivity index is 1.77.